The fourth-order valence-corrected chi connectivity index (χ4v) is 1.74. The highest BCUT2D eigenvalue weighted by Gasteiger charge is 2.05. The number of thiocarbonyl (C=S) groups is 1. The van der Waals surface area contributed by atoms with Crippen LogP contribution in [0, 0.1) is 0 Å². The minimum absolute atomic E-state index is 0.0125. The van der Waals surface area contributed by atoms with Gasteiger partial charge in [-0.1, -0.05) is 25.5 Å². The highest BCUT2D eigenvalue weighted by molar-refractivity contribution is 7.80. The first-order valence-electron chi connectivity index (χ1n) is 6.24. The van der Waals surface area contributed by atoms with Crippen LogP contribution in [0.2, 0.25) is 0 Å². The van der Waals surface area contributed by atoms with Gasteiger partial charge in [0.25, 0.3) is 0 Å². The number of nitrogens with one attached hydrogen (secondary N) is 2. The summed E-state index contributed by atoms with van der Waals surface area (Å²) in [4.78, 5) is 22.7. The van der Waals surface area contributed by atoms with Gasteiger partial charge < -0.3 is 10.6 Å². The summed E-state index contributed by atoms with van der Waals surface area (Å²) in [6, 6.07) is 6.99. The molecule has 19 heavy (non-hydrogen) atoms. The molecule has 0 aliphatic rings. The lowest BCUT2D eigenvalue weighted by Gasteiger charge is -2.10. The van der Waals surface area contributed by atoms with Gasteiger partial charge in [0.15, 0.2) is 10.9 Å². The molecule has 5 heteroatoms. The van der Waals surface area contributed by atoms with Crippen molar-refractivity contribution in [1.82, 2.24) is 5.32 Å². The molecule has 0 bridgehead atoms. The van der Waals surface area contributed by atoms with Crippen LogP contribution in [0.4, 0.5) is 5.69 Å². The van der Waals surface area contributed by atoms with E-state index in [0.717, 1.165) is 12.8 Å². The highest BCUT2D eigenvalue weighted by Crippen LogP contribution is 2.11. The Hall–Kier alpha value is -1.75. The fourth-order valence-electron chi connectivity index (χ4n) is 1.50. The number of amides is 1. The van der Waals surface area contributed by atoms with Crippen molar-refractivity contribution in [2.45, 2.75) is 33.1 Å². The van der Waals surface area contributed by atoms with Crippen LogP contribution in [0.15, 0.2) is 24.3 Å². The molecule has 0 radical (unpaired) electrons. The van der Waals surface area contributed by atoms with E-state index in [-0.39, 0.29) is 16.8 Å². The second-order valence-electron chi connectivity index (χ2n) is 4.24. The van der Waals surface area contributed by atoms with Crippen molar-refractivity contribution in [1.29, 1.82) is 0 Å². The highest BCUT2D eigenvalue weighted by atomic mass is 32.1. The van der Waals surface area contributed by atoms with Crippen molar-refractivity contribution >= 4 is 34.7 Å². The molecule has 0 saturated heterocycles. The third kappa shape index (κ3) is 5.61. The van der Waals surface area contributed by atoms with E-state index >= 15 is 0 Å². The van der Waals surface area contributed by atoms with Crippen LogP contribution in [0.3, 0.4) is 0 Å². The number of carbonyl (C=O) groups is 2. The predicted molar refractivity (Wildman–Crippen MR) is 80.3 cm³/mol. The van der Waals surface area contributed by atoms with E-state index in [1.54, 1.807) is 24.3 Å². The molecular weight excluding hydrogens is 260 g/mol. The van der Waals surface area contributed by atoms with Gasteiger partial charge >= 0.3 is 0 Å². The van der Waals surface area contributed by atoms with Crippen LogP contribution in [-0.4, -0.2) is 16.8 Å². The summed E-state index contributed by atoms with van der Waals surface area (Å²) in [5.41, 5.74) is 1.29. The Balaban J connectivity index is 2.55. The average Bonchev–Trinajstić information content (AvgIpc) is 2.36. The van der Waals surface area contributed by atoms with Crippen molar-refractivity contribution in [3.05, 3.63) is 29.8 Å². The van der Waals surface area contributed by atoms with Crippen LogP contribution < -0.4 is 10.6 Å². The summed E-state index contributed by atoms with van der Waals surface area (Å²) in [5, 5.41) is 5.75. The van der Waals surface area contributed by atoms with Gasteiger partial charge in [0.2, 0.25) is 5.91 Å². The molecule has 0 atom stereocenters. The number of hydrogen-bond acceptors (Lipinski definition) is 3. The Labute approximate surface area is 118 Å². The molecule has 102 valence electrons. The van der Waals surface area contributed by atoms with Crippen molar-refractivity contribution in [3.8, 4) is 0 Å². The zero-order valence-electron chi connectivity index (χ0n) is 11.2. The largest absolute Gasteiger partial charge is 0.332 e. The Morgan fingerprint density at radius 1 is 1.32 bits per heavy atom. The van der Waals surface area contributed by atoms with Crippen molar-refractivity contribution < 1.29 is 9.59 Å². The quantitative estimate of drug-likeness (QED) is 0.642. The lowest BCUT2D eigenvalue weighted by atomic mass is 10.1. The molecule has 2 N–H and O–H groups in total. The number of benzene rings is 1. The first-order chi connectivity index (χ1) is 9.02. The van der Waals surface area contributed by atoms with Gasteiger partial charge in [0.1, 0.15) is 0 Å². The van der Waals surface area contributed by atoms with E-state index in [2.05, 4.69) is 10.6 Å². The predicted octanol–water partition coefficient (Wildman–Crippen LogP) is 2.89. The van der Waals surface area contributed by atoms with E-state index in [1.807, 2.05) is 6.92 Å². The number of hydrogen-bond donors (Lipinski definition) is 2. The van der Waals surface area contributed by atoms with Crippen molar-refractivity contribution in [2.75, 3.05) is 5.32 Å². The lowest BCUT2D eigenvalue weighted by molar-refractivity contribution is -0.119. The second kappa shape index (κ2) is 7.63. The molecule has 1 aromatic rings. The third-order valence-electron chi connectivity index (χ3n) is 2.54. The van der Waals surface area contributed by atoms with E-state index in [9.17, 15) is 9.59 Å². The van der Waals surface area contributed by atoms with E-state index in [0.29, 0.717) is 17.7 Å². The van der Waals surface area contributed by atoms with E-state index < -0.39 is 0 Å². The minimum atomic E-state index is -0.0953. The van der Waals surface area contributed by atoms with Gasteiger partial charge in [-0.3, -0.25) is 9.59 Å². The minimum Gasteiger partial charge on any atom is -0.332 e. The molecule has 0 aromatic heterocycles. The maximum atomic E-state index is 11.5. The fraction of sp³-hybridized carbons (Fsp3) is 0.357. The van der Waals surface area contributed by atoms with Gasteiger partial charge in [0, 0.05) is 17.7 Å². The number of carbonyl (C=O) groups excluding carboxylic acids is 2. The van der Waals surface area contributed by atoms with Crippen molar-refractivity contribution in [3.63, 3.8) is 0 Å². The van der Waals surface area contributed by atoms with Crippen LogP contribution >= 0.6 is 12.2 Å². The summed E-state index contributed by atoms with van der Waals surface area (Å²) in [5.74, 6) is -0.108. The molecule has 0 spiro atoms. The van der Waals surface area contributed by atoms with Gasteiger partial charge in [-0.05, 0) is 37.7 Å². The zero-order valence-corrected chi connectivity index (χ0v) is 12.0. The molecule has 1 amide bonds. The molecule has 1 rings (SSSR count). The standard InChI is InChI=1S/C14H18N2O2S/c1-3-4-8-13(18)16-14(19)15-12-7-5-6-11(9-12)10(2)17/h5-7,9H,3-4,8H2,1-2H3,(H2,15,16,18,19). The number of rotatable bonds is 5. The summed E-state index contributed by atoms with van der Waals surface area (Å²) >= 11 is 5.04. The first-order valence-corrected chi connectivity index (χ1v) is 6.65. The third-order valence-corrected chi connectivity index (χ3v) is 2.74. The zero-order chi connectivity index (χ0) is 14.3. The Bertz CT molecular complexity index is 486. The van der Waals surface area contributed by atoms with Crippen LogP contribution in [0.25, 0.3) is 0 Å². The van der Waals surface area contributed by atoms with E-state index in [1.165, 1.54) is 6.92 Å². The van der Waals surface area contributed by atoms with Gasteiger partial charge in [-0.2, -0.15) is 0 Å². The van der Waals surface area contributed by atoms with Crippen LogP contribution in [-0.2, 0) is 4.79 Å². The van der Waals surface area contributed by atoms with Gasteiger partial charge in [0.05, 0.1) is 0 Å². The monoisotopic (exact) mass is 278 g/mol. The summed E-state index contributed by atoms with van der Waals surface area (Å²) in [7, 11) is 0. The Morgan fingerprint density at radius 2 is 2.05 bits per heavy atom. The molecule has 0 aliphatic heterocycles. The van der Waals surface area contributed by atoms with Gasteiger partial charge in [-0.15, -0.1) is 0 Å². The molecule has 0 fully saturated rings. The molecule has 0 unspecified atom stereocenters. The topological polar surface area (TPSA) is 58.2 Å². The summed E-state index contributed by atoms with van der Waals surface area (Å²) in [6.07, 6.45) is 2.27. The number of anilines is 1. The molecule has 0 saturated carbocycles. The molecule has 4 nitrogen and oxygen atoms in total. The van der Waals surface area contributed by atoms with Gasteiger partial charge in [-0.25, -0.2) is 0 Å². The summed E-state index contributed by atoms with van der Waals surface area (Å²) < 4.78 is 0. The Kier molecular flexibility index (Phi) is 6.15. The molecule has 0 heterocycles. The van der Waals surface area contributed by atoms with Crippen molar-refractivity contribution in [2.24, 2.45) is 0 Å². The lowest BCUT2D eigenvalue weighted by Crippen LogP contribution is -2.33. The number of Topliss-reactive ketones (excluding diaryl/α,β-unsaturated/α-hetero) is 1. The van der Waals surface area contributed by atoms with E-state index in [4.69, 9.17) is 12.2 Å². The Morgan fingerprint density at radius 3 is 2.68 bits per heavy atom. The second-order valence-corrected chi connectivity index (χ2v) is 4.65. The SMILES string of the molecule is CCCCC(=O)NC(=S)Nc1cccc(C(C)=O)c1. The molecule has 1 aromatic carbocycles. The first kappa shape index (κ1) is 15.3. The average molecular weight is 278 g/mol. The number of ketones is 1. The normalized spacial score (nSPS) is 9.79. The van der Waals surface area contributed by atoms with Crippen LogP contribution in [0.5, 0.6) is 0 Å². The maximum Gasteiger partial charge on any atom is 0.226 e. The summed E-state index contributed by atoms with van der Waals surface area (Å²) in [6.45, 7) is 3.53. The molecular formula is C14H18N2O2S. The molecule has 0 aliphatic carbocycles. The smallest absolute Gasteiger partial charge is 0.226 e. The van der Waals surface area contributed by atoms with Crippen LogP contribution in [0.1, 0.15) is 43.5 Å². The maximum absolute atomic E-state index is 11.5. The number of unbranched alkanes of at least 4 members (excludes halogenated alkanes) is 1.